The molecule has 0 aliphatic rings. The first-order chi connectivity index (χ1) is 10.8. The van der Waals surface area contributed by atoms with E-state index in [0.717, 1.165) is 29.7 Å². The summed E-state index contributed by atoms with van der Waals surface area (Å²) in [6.07, 6.45) is 6.35. The first-order valence-corrected chi connectivity index (χ1v) is 7.96. The van der Waals surface area contributed by atoms with Gasteiger partial charge in [0.25, 0.3) is 0 Å². The monoisotopic (exact) mass is 296 g/mol. The topological polar surface area (TPSA) is 29.5 Å². The van der Waals surface area contributed by atoms with Gasteiger partial charge in [-0.25, -0.2) is 0 Å². The third-order valence-corrected chi connectivity index (χ3v) is 3.54. The molecule has 0 aliphatic heterocycles. The number of aliphatic hydroxyl groups is 1. The molecule has 2 nitrogen and oxygen atoms in total. The molecule has 0 amide bonds. The second-order valence-electron chi connectivity index (χ2n) is 5.38. The molecule has 0 spiro atoms. The lowest BCUT2D eigenvalue weighted by atomic mass is 10.1. The quantitative estimate of drug-likeness (QED) is 0.497. The molecule has 2 heteroatoms. The number of hydrogen-bond acceptors (Lipinski definition) is 2. The van der Waals surface area contributed by atoms with Crippen molar-refractivity contribution < 1.29 is 9.84 Å². The fourth-order valence-corrected chi connectivity index (χ4v) is 2.21. The van der Waals surface area contributed by atoms with E-state index in [1.54, 1.807) is 0 Å². The van der Waals surface area contributed by atoms with Gasteiger partial charge < -0.3 is 9.84 Å². The molecular formula is C20H24O2. The van der Waals surface area contributed by atoms with Crippen LogP contribution >= 0.6 is 0 Å². The summed E-state index contributed by atoms with van der Waals surface area (Å²) in [4.78, 5) is 0. The van der Waals surface area contributed by atoms with E-state index >= 15 is 0 Å². The molecule has 0 aliphatic carbocycles. The Kier molecular flexibility index (Phi) is 6.56. The molecule has 0 fully saturated rings. The lowest BCUT2D eigenvalue weighted by Crippen LogP contribution is -1.95. The van der Waals surface area contributed by atoms with E-state index in [0.29, 0.717) is 12.4 Å². The predicted molar refractivity (Wildman–Crippen MR) is 92.0 cm³/mol. The molecule has 2 aromatic rings. The first-order valence-electron chi connectivity index (χ1n) is 7.96. The Balaban J connectivity index is 1.87. The van der Waals surface area contributed by atoms with Crippen LogP contribution in [0.5, 0.6) is 5.75 Å². The number of aliphatic hydroxyl groups excluding tert-OH is 1. The summed E-state index contributed by atoms with van der Waals surface area (Å²) in [6.45, 7) is 2.73. The summed E-state index contributed by atoms with van der Waals surface area (Å²) in [5.74, 6) is 1.16. The highest BCUT2D eigenvalue weighted by Crippen LogP contribution is 2.19. The van der Waals surface area contributed by atoms with Crippen molar-refractivity contribution in [2.24, 2.45) is 0 Å². The van der Waals surface area contributed by atoms with Crippen molar-refractivity contribution in [1.82, 2.24) is 0 Å². The summed E-state index contributed by atoms with van der Waals surface area (Å²) >= 11 is 0. The maximum atomic E-state index is 10.0. The number of benzene rings is 2. The van der Waals surface area contributed by atoms with E-state index in [1.165, 1.54) is 12.8 Å². The van der Waals surface area contributed by atoms with Crippen LogP contribution in [0.15, 0.2) is 60.7 Å². The zero-order chi connectivity index (χ0) is 15.6. The molecule has 0 radical (unpaired) electrons. The average molecular weight is 296 g/mol. The molecule has 22 heavy (non-hydrogen) atoms. The number of unbranched alkanes of at least 4 members (excludes halogenated alkanes) is 3. The molecule has 2 aromatic carbocycles. The van der Waals surface area contributed by atoms with Crippen molar-refractivity contribution in [3.05, 3.63) is 71.8 Å². The highest BCUT2D eigenvalue weighted by atomic mass is 16.5. The lowest BCUT2D eigenvalue weighted by molar-refractivity contribution is 0.306. The van der Waals surface area contributed by atoms with Crippen molar-refractivity contribution in [2.75, 3.05) is 0 Å². The van der Waals surface area contributed by atoms with E-state index < -0.39 is 0 Å². The van der Waals surface area contributed by atoms with Gasteiger partial charge in [-0.05, 0) is 48.7 Å². The van der Waals surface area contributed by atoms with Gasteiger partial charge in [0.15, 0.2) is 0 Å². The standard InChI is InChI=1S/C20H24O2/c1-2-3-4-8-11-20(21)18-12-14-19(15-13-18)22-16-17-9-6-5-7-10-17/h5-7,9-15,21H,2-4,8,16H2,1H3. The van der Waals surface area contributed by atoms with Crippen molar-refractivity contribution in [3.63, 3.8) is 0 Å². The highest BCUT2D eigenvalue weighted by molar-refractivity contribution is 5.58. The predicted octanol–water partition coefficient (Wildman–Crippen LogP) is 5.74. The van der Waals surface area contributed by atoms with E-state index in [-0.39, 0.29) is 0 Å². The van der Waals surface area contributed by atoms with Crippen LogP contribution < -0.4 is 4.74 Å². The minimum Gasteiger partial charge on any atom is -0.508 e. The van der Waals surface area contributed by atoms with Gasteiger partial charge >= 0.3 is 0 Å². The van der Waals surface area contributed by atoms with Gasteiger partial charge in [0, 0.05) is 5.56 Å². The number of rotatable bonds is 8. The molecule has 0 saturated carbocycles. The smallest absolute Gasteiger partial charge is 0.119 e. The van der Waals surface area contributed by atoms with Crippen molar-refractivity contribution in [2.45, 2.75) is 39.2 Å². The van der Waals surface area contributed by atoms with Crippen LogP contribution in [0.1, 0.15) is 43.7 Å². The highest BCUT2D eigenvalue weighted by Gasteiger charge is 2.00. The van der Waals surface area contributed by atoms with E-state index in [9.17, 15) is 5.11 Å². The maximum absolute atomic E-state index is 10.0. The first kappa shape index (κ1) is 16.2. The SMILES string of the molecule is CCCCCC=C(O)c1ccc(OCc2ccccc2)cc1. The second kappa shape index (κ2) is 8.93. The number of ether oxygens (including phenoxy) is 1. The lowest BCUT2D eigenvalue weighted by Gasteiger charge is -2.07. The number of hydrogen-bond donors (Lipinski definition) is 1. The Morgan fingerprint density at radius 3 is 2.41 bits per heavy atom. The molecular weight excluding hydrogens is 272 g/mol. The largest absolute Gasteiger partial charge is 0.508 e. The van der Waals surface area contributed by atoms with Crippen LogP contribution in [-0.4, -0.2) is 5.11 Å². The van der Waals surface area contributed by atoms with Crippen LogP contribution in [0.25, 0.3) is 5.76 Å². The van der Waals surface area contributed by atoms with Crippen LogP contribution in [0.3, 0.4) is 0 Å². The molecule has 1 N–H and O–H groups in total. The normalized spacial score (nSPS) is 11.4. The van der Waals surface area contributed by atoms with Gasteiger partial charge in [-0.3, -0.25) is 0 Å². The molecule has 0 saturated heterocycles. The molecule has 0 atom stereocenters. The molecule has 2 rings (SSSR count). The zero-order valence-corrected chi connectivity index (χ0v) is 13.2. The minimum atomic E-state index is 0.353. The molecule has 0 aromatic heterocycles. The van der Waals surface area contributed by atoms with Gasteiger partial charge in [0.05, 0.1) is 0 Å². The van der Waals surface area contributed by atoms with Gasteiger partial charge in [0.2, 0.25) is 0 Å². The Morgan fingerprint density at radius 2 is 1.73 bits per heavy atom. The fraction of sp³-hybridized carbons (Fsp3) is 0.300. The van der Waals surface area contributed by atoms with E-state index in [2.05, 4.69) is 6.92 Å². The maximum Gasteiger partial charge on any atom is 0.119 e. The number of allylic oxidation sites excluding steroid dienone is 1. The Bertz CT molecular complexity index is 570. The fourth-order valence-electron chi connectivity index (χ4n) is 2.21. The van der Waals surface area contributed by atoms with Crippen LogP contribution in [0, 0.1) is 0 Å². The minimum absolute atomic E-state index is 0.353. The summed E-state index contributed by atoms with van der Waals surface area (Å²) < 4.78 is 5.74. The van der Waals surface area contributed by atoms with Crippen LogP contribution in [-0.2, 0) is 6.61 Å². The zero-order valence-electron chi connectivity index (χ0n) is 13.2. The Morgan fingerprint density at radius 1 is 1.00 bits per heavy atom. The van der Waals surface area contributed by atoms with Crippen LogP contribution in [0.4, 0.5) is 0 Å². The average Bonchev–Trinajstić information content (AvgIpc) is 2.58. The summed E-state index contributed by atoms with van der Waals surface area (Å²) in [6, 6.07) is 17.7. The van der Waals surface area contributed by atoms with Crippen molar-refractivity contribution >= 4 is 5.76 Å². The van der Waals surface area contributed by atoms with Crippen molar-refractivity contribution in [1.29, 1.82) is 0 Å². The molecule has 0 unspecified atom stereocenters. The molecule has 0 heterocycles. The Labute approximate surface area is 133 Å². The van der Waals surface area contributed by atoms with Gasteiger partial charge in [-0.15, -0.1) is 0 Å². The van der Waals surface area contributed by atoms with Gasteiger partial charge in [0.1, 0.15) is 18.1 Å². The van der Waals surface area contributed by atoms with Gasteiger partial charge in [-0.1, -0.05) is 50.1 Å². The van der Waals surface area contributed by atoms with Gasteiger partial charge in [-0.2, -0.15) is 0 Å². The third-order valence-electron chi connectivity index (χ3n) is 3.54. The van der Waals surface area contributed by atoms with Crippen molar-refractivity contribution in [3.8, 4) is 5.75 Å². The van der Waals surface area contributed by atoms with E-state index in [1.807, 2.05) is 60.7 Å². The molecule has 116 valence electrons. The third kappa shape index (κ3) is 5.28. The second-order valence-corrected chi connectivity index (χ2v) is 5.38. The summed E-state index contributed by atoms with van der Waals surface area (Å²) in [5, 5.41) is 10.0. The van der Waals surface area contributed by atoms with Crippen LogP contribution in [0.2, 0.25) is 0 Å². The molecule has 0 bridgehead atoms. The Hall–Kier alpha value is -2.22. The summed E-state index contributed by atoms with van der Waals surface area (Å²) in [5.41, 5.74) is 1.98. The summed E-state index contributed by atoms with van der Waals surface area (Å²) in [7, 11) is 0. The van der Waals surface area contributed by atoms with E-state index in [4.69, 9.17) is 4.74 Å².